The second kappa shape index (κ2) is 5.40. The number of rotatable bonds is 3. The highest BCUT2D eigenvalue weighted by molar-refractivity contribution is 7.99. The van der Waals surface area contributed by atoms with Crippen molar-refractivity contribution in [2.24, 2.45) is 0 Å². The van der Waals surface area contributed by atoms with Gasteiger partial charge in [-0.25, -0.2) is 0 Å². The van der Waals surface area contributed by atoms with Gasteiger partial charge >= 0.3 is 0 Å². The molecule has 2 aromatic carbocycles. The van der Waals surface area contributed by atoms with E-state index in [0.29, 0.717) is 16.7 Å². The van der Waals surface area contributed by atoms with Gasteiger partial charge in [-0.3, -0.25) is 0 Å². The molecule has 2 N–H and O–H groups in total. The van der Waals surface area contributed by atoms with Gasteiger partial charge in [-0.1, -0.05) is 36.0 Å². The molecule has 94 valence electrons. The number of alkyl halides is 2. The van der Waals surface area contributed by atoms with E-state index in [4.69, 9.17) is 5.73 Å². The summed E-state index contributed by atoms with van der Waals surface area (Å²) in [6.45, 7) is 1.95. The van der Waals surface area contributed by atoms with E-state index in [2.05, 4.69) is 0 Å². The molecule has 0 saturated heterocycles. The maximum Gasteiger partial charge on any atom is 0.288 e. The number of thioether (sulfide) groups is 1. The van der Waals surface area contributed by atoms with Crippen molar-refractivity contribution >= 4 is 17.4 Å². The van der Waals surface area contributed by atoms with Gasteiger partial charge in [-0.2, -0.15) is 8.78 Å². The van der Waals surface area contributed by atoms with Crippen molar-refractivity contribution < 1.29 is 8.78 Å². The third kappa shape index (κ3) is 2.82. The molecule has 0 saturated carbocycles. The number of hydrogen-bond donors (Lipinski definition) is 1. The first-order valence-electron chi connectivity index (χ1n) is 5.48. The van der Waals surface area contributed by atoms with Crippen LogP contribution >= 0.6 is 11.8 Å². The molecule has 0 bridgehead atoms. The molecule has 0 atom stereocenters. The van der Waals surface area contributed by atoms with Crippen molar-refractivity contribution in [1.29, 1.82) is 0 Å². The third-order valence-corrected chi connectivity index (χ3v) is 3.49. The van der Waals surface area contributed by atoms with Crippen LogP contribution in [0.15, 0.2) is 47.4 Å². The molecule has 0 aliphatic carbocycles. The summed E-state index contributed by atoms with van der Waals surface area (Å²) < 4.78 is 24.4. The Kier molecular flexibility index (Phi) is 3.87. The predicted octanol–water partition coefficient (Wildman–Crippen LogP) is 4.56. The van der Waals surface area contributed by atoms with Gasteiger partial charge in [0.1, 0.15) is 0 Å². The average Bonchev–Trinajstić information content (AvgIpc) is 2.33. The Bertz CT molecular complexity index is 538. The van der Waals surface area contributed by atoms with Crippen molar-refractivity contribution in [3.8, 4) is 11.1 Å². The van der Waals surface area contributed by atoms with E-state index in [1.807, 2.05) is 37.3 Å². The van der Waals surface area contributed by atoms with E-state index in [1.165, 1.54) is 0 Å². The van der Waals surface area contributed by atoms with Crippen molar-refractivity contribution in [3.05, 3.63) is 48.0 Å². The van der Waals surface area contributed by atoms with Crippen LogP contribution in [0.2, 0.25) is 0 Å². The molecule has 0 heterocycles. The minimum Gasteiger partial charge on any atom is -0.398 e. The summed E-state index contributed by atoms with van der Waals surface area (Å²) in [5.74, 6) is -2.38. The molecule has 1 nitrogen and oxygen atoms in total. The summed E-state index contributed by atoms with van der Waals surface area (Å²) in [5.41, 5.74) is 9.61. The zero-order chi connectivity index (χ0) is 13.1. The Hall–Kier alpha value is -1.55. The summed E-state index contributed by atoms with van der Waals surface area (Å²) in [4.78, 5) is 0.565. The van der Waals surface area contributed by atoms with Gasteiger partial charge < -0.3 is 5.73 Å². The van der Waals surface area contributed by atoms with Crippen LogP contribution in [0.1, 0.15) is 5.56 Å². The van der Waals surface area contributed by atoms with Crippen LogP contribution in [-0.2, 0) is 0 Å². The van der Waals surface area contributed by atoms with Crippen LogP contribution in [0.5, 0.6) is 0 Å². The average molecular weight is 265 g/mol. The minimum atomic E-state index is -2.38. The van der Waals surface area contributed by atoms with Gasteiger partial charge in [0.05, 0.1) is 0 Å². The normalized spacial score (nSPS) is 10.9. The largest absolute Gasteiger partial charge is 0.398 e. The predicted molar refractivity (Wildman–Crippen MR) is 72.9 cm³/mol. The zero-order valence-electron chi connectivity index (χ0n) is 9.86. The summed E-state index contributed by atoms with van der Waals surface area (Å²) in [5, 5.41) is 0. The van der Waals surface area contributed by atoms with Crippen molar-refractivity contribution in [2.75, 3.05) is 5.73 Å². The lowest BCUT2D eigenvalue weighted by Gasteiger charge is -2.09. The smallest absolute Gasteiger partial charge is 0.288 e. The minimum absolute atomic E-state index is 0.552. The topological polar surface area (TPSA) is 26.0 Å². The maximum atomic E-state index is 12.2. The monoisotopic (exact) mass is 265 g/mol. The van der Waals surface area contributed by atoms with Crippen LogP contribution in [0.25, 0.3) is 11.1 Å². The number of hydrogen-bond acceptors (Lipinski definition) is 2. The van der Waals surface area contributed by atoms with Crippen LogP contribution < -0.4 is 5.73 Å². The number of halogens is 2. The summed E-state index contributed by atoms with van der Waals surface area (Å²) >= 11 is 0.552. The first kappa shape index (κ1) is 12.9. The summed E-state index contributed by atoms with van der Waals surface area (Å²) in [7, 11) is 0. The fourth-order valence-electron chi connectivity index (χ4n) is 1.78. The number of benzene rings is 2. The fraction of sp³-hybridized carbons (Fsp3) is 0.143. The molecule has 18 heavy (non-hydrogen) atoms. The molecule has 4 heteroatoms. The van der Waals surface area contributed by atoms with Crippen molar-refractivity contribution in [2.45, 2.75) is 17.6 Å². The molecule has 0 aliphatic heterocycles. The van der Waals surface area contributed by atoms with Crippen molar-refractivity contribution in [3.63, 3.8) is 0 Å². The maximum absolute atomic E-state index is 12.2. The molecule has 0 radical (unpaired) electrons. The van der Waals surface area contributed by atoms with Gasteiger partial charge in [0.15, 0.2) is 0 Å². The zero-order valence-corrected chi connectivity index (χ0v) is 10.7. The lowest BCUT2D eigenvalue weighted by atomic mass is 9.99. The Labute approximate surface area is 109 Å². The third-order valence-electron chi connectivity index (χ3n) is 2.77. The molecule has 2 rings (SSSR count). The molecule has 2 aromatic rings. The lowest BCUT2D eigenvalue weighted by molar-refractivity contribution is 0.252. The van der Waals surface area contributed by atoms with Gasteiger partial charge in [-0.15, -0.1) is 0 Å². The molecular formula is C14H13F2NS. The number of anilines is 1. The molecule has 0 fully saturated rings. The van der Waals surface area contributed by atoms with Crippen molar-refractivity contribution in [1.82, 2.24) is 0 Å². The van der Waals surface area contributed by atoms with E-state index < -0.39 is 5.76 Å². The van der Waals surface area contributed by atoms with E-state index >= 15 is 0 Å². The second-order valence-electron chi connectivity index (χ2n) is 3.92. The Balaban J connectivity index is 2.32. The molecule has 0 amide bonds. The quantitative estimate of drug-likeness (QED) is 0.650. The van der Waals surface area contributed by atoms with Crippen LogP contribution in [0, 0.1) is 6.92 Å². The highest BCUT2D eigenvalue weighted by Crippen LogP contribution is 2.30. The van der Waals surface area contributed by atoms with Gasteiger partial charge in [0, 0.05) is 10.6 Å². The highest BCUT2D eigenvalue weighted by Gasteiger charge is 2.07. The first-order valence-corrected chi connectivity index (χ1v) is 6.36. The molecule has 0 unspecified atom stereocenters. The van der Waals surface area contributed by atoms with Gasteiger partial charge in [0.2, 0.25) is 0 Å². The van der Waals surface area contributed by atoms with Gasteiger partial charge in [-0.05, 0) is 41.8 Å². The van der Waals surface area contributed by atoms with Gasteiger partial charge in [0.25, 0.3) is 5.76 Å². The van der Waals surface area contributed by atoms with Crippen LogP contribution in [0.4, 0.5) is 14.5 Å². The Morgan fingerprint density at radius 3 is 2.33 bits per heavy atom. The van der Waals surface area contributed by atoms with E-state index in [0.717, 1.165) is 22.4 Å². The molecule has 0 spiro atoms. The standard InChI is InChI=1S/C14H13F2NS/c1-9-12(3-2-4-13(9)17)10-5-7-11(8-6-10)18-14(15)16/h2-8,14H,17H2,1H3. The number of nitrogens with two attached hydrogens (primary N) is 1. The fourth-order valence-corrected chi connectivity index (χ4v) is 2.28. The Morgan fingerprint density at radius 1 is 1.06 bits per heavy atom. The first-order chi connectivity index (χ1) is 8.58. The highest BCUT2D eigenvalue weighted by atomic mass is 32.2. The molecule has 0 aliphatic rings. The van der Waals surface area contributed by atoms with E-state index in [1.54, 1.807) is 12.1 Å². The molecular weight excluding hydrogens is 252 g/mol. The van der Waals surface area contributed by atoms with E-state index in [-0.39, 0.29) is 0 Å². The number of nitrogen functional groups attached to an aromatic ring is 1. The lowest BCUT2D eigenvalue weighted by Crippen LogP contribution is -1.91. The molecule has 0 aromatic heterocycles. The second-order valence-corrected chi connectivity index (χ2v) is 4.99. The summed E-state index contributed by atoms with van der Waals surface area (Å²) in [6.07, 6.45) is 0. The van der Waals surface area contributed by atoms with E-state index in [9.17, 15) is 8.78 Å². The van der Waals surface area contributed by atoms with Crippen LogP contribution in [-0.4, -0.2) is 5.76 Å². The Morgan fingerprint density at radius 2 is 1.72 bits per heavy atom. The SMILES string of the molecule is Cc1c(N)cccc1-c1ccc(SC(F)F)cc1. The van der Waals surface area contributed by atoms with Crippen LogP contribution in [0.3, 0.4) is 0 Å². The summed E-state index contributed by atoms with van der Waals surface area (Å²) in [6, 6.07) is 12.8.